The van der Waals surface area contributed by atoms with Gasteiger partial charge in [-0.1, -0.05) is 26.0 Å². The van der Waals surface area contributed by atoms with Gasteiger partial charge in [0.2, 0.25) is 0 Å². The third-order valence-electron chi connectivity index (χ3n) is 3.24. The lowest BCUT2D eigenvalue weighted by molar-refractivity contribution is 0.210. The van der Waals surface area contributed by atoms with Crippen molar-refractivity contribution >= 4 is 10.9 Å². The van der Waals surface area contributed by atoms with E-state index in [0.717, 1.165) is 17.4 Å². The van der Waals surface area contributed by atoms with E-state index in [1.807, 2.05) is 12.1 Å². The molecule has 0 bridgehead atoms. The molecule has 0 unspecified atom stereocenters. The van der Waals surface area contributed by atoms with Gasteiger partial charge in [0.05, 0.1) is 12.1 Å². The minimum Gasteiger partial charge on any atom is -0.395 e. The number of nitrogens with zero attached hydrogens (tertiary/aromatic N) is 1. The van der Waals surface area contributed by atoms with Gasteiger partial charge in [-0.25, -0.2) is 0 Å². The summed E-state index contributed by atoms with van der Waals surface area (Å²) in [5, 5.41) is 13.8. The average molecular weight is 244 g/mol. The smallest absolute Gasteiger partial charge is 0.0702 e. The van der Waals surface area contributed by atoms with Gasteiger partial charge in [-0.2, -0.15) is 0 Å². The van der Waals surface area contributed by atoms with Gasteiger partial charge in [-0.05, 0) is 29.7 Å². The van der Waals surface area contributed by atoms with Crippen LogP contribution in [0.3, 0.4) is 0 Å². The fourth-order valence-corrected chi connectivity index (χ4v) is 2.00. The van der Waals surface area contributed by atoms with E-state index in [1.54, 1.807) is 6.20 Å². The molecule has 1 heterocycles. The summed E-state index contributed by atoms with van der Waals surface area (Å²) < 4.78 is 0. The first kappa shape index (κ1) is 13.0. The van der Waals surface area contributed by atoms with Crippen LogP contribution in [0.1, 0.15) is 19.4 Å². The highest BCUT2D eigenvalue weighted by molar-refractivity contribution is 5.78. The van der Waals surface area contributed by atoms with Gasteiger partial charge in [0, 0.05) is 24.2 Å². The fourth-order valence-electron chi connectivity index (χ4n) is 2.00. The number of aromatic nitrogens is 1. The molecule has 0 fully saturated rings. The number of benzene rings is 1. The Morgan fingerprint density at radius 3 is 2.83 bits per heavy atom. The first-order valence-electron chi connectivity index (χ1n) is 6.38. The van der Waals surface area contributed by atoms with E-state index >= 15 is 0 Å². The molecule has 3 heteroatoms. The number of hydrogen-bond donors (Lipinski definition) is 2. The predicted molar refractivity (Wildman–Crippen MR) is 74.3 cm³/mol. The van der Waals surface area contributed by atoms with Crippen LogP contribution in [0.4, 0.5) is 0 Å². The maximum Gasteiger partial charge on any atom is 0.0702 e. The molecule has 0 saturated heterocycles. The number of pyridine rings is 1. The zero-order chi connectivity index (χ0) is 13.0. The lowest BCUT2D eigenvalue weighted by atomic mass is 10.0. The second-order valence-corrected chi connectivity index (χ2v) is 4.94. The number of fused-ring (bicyclic) bond motifs is 1. The molecule has 2 rings (SSSR count). The molecule has 96 valence electrons. The molecule has 2 aromatic rings. The second-order valence-electron chi connectivity index (χ2n) is 4.94. The summed E-state index contributed by atoms with van der Waals surface area (Å²) in [5.41, 5.74) is 2.23. The fraction of sp³-hybridized carbons (Fsp3) is 0.400. The molecule has 1 aromatic heterocycles. The van der Waals surface area contributed by atoms with Crippen molar-refractivity contribution < 1.29 is 5.11 Å². The van der Waals surface area contributed by atoms with Crippen LogP contribution in [0.5, 0.6) is 0 Å². The van der Waals surface area contributed by atoms with Gasteiger partial charge in [-0.15, -0.1) is 0 Å². The molecular formula is C15H20N2O. The van der Waals surface area contributed by atoms with E-state index in [4.69, 9.17) is 0 Å². The zero-order valence-corrected chi connectivity index (χ0v) is 10.9. The summed E-state index contributed by atoms with van der Waals surface area (Å²) in [6, 6.07) is 10.4. The third kappa shape index (κ3) is 3.06. The average Bonchev–Trinajstić information content (AvgIpc) is 2.39. The van der Waals surface area contributed by atoms with Crippen molar-refractivity contribution in [2.45, 2.75) is 26.4 Å². The highest BCUT2D eigenvalue weighted by Crippen LogP contribution is 2.13. The minimum atomic E-state index is 0.148. The van der Waals surface area contributed by atoms with Gasteiger partial charge in [-0.3, -0.25) is 4.98 Å². The van der Waals surface area contributed by atoms with Gasteiger partial charge in [0.15, 0.2) is 0 Å². The molecule has 0 amide bonds. The topological polar surface area (TPSA) is 45.1 Å². The number of aliphatic hydroxyl groups is 1. The van der Waals surface area contributed by atoms with Crippen molar-refractivity contribution in [3.05, 3.63) is 42.1 Å². The van der Waals surface area contributed by atoms with E-state index in [-0.39, 0.29) is 12.6 Å². The quantitative estimate of drug-likeness (QED) is 0.848. The number of nitrogens with one attached hydrogen (secondary N) is 1. The van der Waals surface area contributed by atoms with Crippen LogP contribution >= 0.6 is 0 Å². The summed E-state index contributed by atoms with van der Waals surface area (Å²) in [6.45, 7) is 5.16. The van der Waals surface area contributed by atoms with Gasteiger partial charge in [0.1, 0.15) is 0 Å². The van der Waals surface area contributed by atoms with Gasteiger partial charge in [0.25, 0.3) is 0 Å². The van der Waals surface area contributed by atoms with Crippen molar-refractivity contribution in [2.75, 3.05) is 6.61 Å². The largest absolute Gasteiger partial charge is 0.395 e. The molecule has 1 atom stereocenters. The van der Waals surface area contributed by atoms with Gasteiger partial charge >= 0.3 is 0 Å². The van der Waals surface area contributed by atoms with Crippen LogP contribution in [-0.2, 0) is 6.54 Å². The number of aliphatic hydroxyl groups excluding tert-OH is 1. The van der Waals surface area contributed by atoms with Crippen LogP contribution in [0, 0.1) is 5.92 Å². The van der Waals surface area contributed by atoms with Crippen molar-refractivity contribution in [3.63, 3.8) is 0 Å². The van der Waals surface area contributed by atoms with Crippen molar-refractivity contribution in [1.29, 1.82) is 0 Å². The maximum atomic E-state index is 9.27. The Hall–Kier alpha value is -1.45. The molecule has 18 heavy (non-hydrogen) atoms. The second kappa shape index (κ2) is 5.94. The Bertz CT molecular complexity index is 511. The Labute approximate surface area is 108 Å². The van der Waals surface area contributed by atoms with Crippen LogP contribution in [0.2, 0.25) is 0 Å². The van der Waals surface area contributed by atoms with Crippen LogP contribution < -0.4 is 5.32 Å². The molecular weight excluding hydrogens is 224 g/mol. The molecule has 0 aliphatic heterocycles. The number of rotatable bonds is 5. The normalized spacial score (nSPS) is 13.1. The standard InChI is InChI=1S/C15H20N2O/c1-11(2)15(10-18)17-9-12-5-6-14-13(8-12)4-3-7-16-14/h3-8,11,15,17-18H,9-10H2,1-2H3/t15-/m1/s1. The molecule has 0 aliphatic rings. The van der Waals surface area contributed by atoms with E-state index in [1.165, 1.54) is 5.56 Å². The minimum absolute atomic E-state index is 0.148. The van der Waals surface area contributed by atoms with Crippen molar-refractivity contribution in [2.24, 2.45) is 5.92 Å². The van der Waals surface area contributed by atoms with E-state index in [2.05, 4.69) is 42.3 Å². The molecule has 0 saturated carbocycles. The lowest BCUT2D eigenvalue weighted by Crippen LogP contribution is -2.36. The molecule has 3 nitrogen and oxygen atoms in total. The van der Waals surface area contributed by atoms with Crippen molar-refractivity contribution in [1.82, 2.24) is 10.3 Å². The Kier molecular flexibility index (Phi) is 4.28. The van der Waals surface area contributed by atoms with E-state index in [0.29, 0.717) is 5.92 Å². The highest BCUT2D eigenvalue weighted by Gasteiger charge is 2.10. The Morgan fingerprint density at radius 2 is 2.11 bits per heavy atom. The van der Waals surface area contributed by atoms with E-state index in [9.17, 15) is 5.11 Å². The molecule has 0 aliphatic carbocycles. The first-order valence-corrected chi connectivity index (χ1v) is 6.38. The lowest BCUT2D eigenvalue weighted by Gasteiger charge is -2.20. The monoisotopic (exact) mass is 244 g/mol. The predicted octanol–water partition coefficient (Wildman–Crippen LogP) is 2.34. The van der Waals surface area contributed by atoms with Crippen molar-refractivity contribution in [3.8, 4) is 0 Å². The summed E-state index contributed by atoms with van der Waals surface area (Å²) in [6.07, 6.45) is 1.81. The molecule has 2 N–H and O–H groups in total. The molecule has 0 radical (unpaired) electrons. The Balaban J connectivity index is 2.07. The van der Waals surface area contributed by atoms with Gasteiger partial charge < -0.3 is 10.4 Å². The number of hydrogen-bond acceptors (Lipinski definition) is 3. The SMILES string of the molecule is CC(C)[C@@H](CO)NCc1ccc2ncccc2c1. The third-order valence-corrected chi connectivity index (χ3v) is 3.24. The maximum absolute atomic E-state index is 9.27. The zero-order valence-electron chi connectivity index (χ0n) is 10.9. The molecule has 0 spiro atoms. The van der Waals surface area contributed by atoms with Crippen LogP contribution in [0.25, 0.3) is 10.9 Å². The summed E-state index contributed by atoms with van der Waals surface area (Å²) in [7, 11) is 0. The molecule has 1 aromatic carbocycles. The first-order chi connectivity index (χ1) is 8.70. The van der Waals surface area contributed by atoms with E-state index < -0.39 is 0 Å². The van der Waals surface area contributed by atoms with Crippen LogP contribution in [-0.4, -0.2) is 22.7 Å². The summed E-state index contributed by atoms with van der Waals surface area (Å²) in [5.74, 6) is 0.428. The summed E-state index contributed by atoms with van der Waals surface area (Å²) in [4.78, 5) is 4.30. The van der Waals surface area contributed by atoms with Crippen LogP contribution in [0.15, 0.2) is 36.5 Å². The Morgan fingerprint density at radius 1 is 1.28 bits per heavy atom. The highest BCUT2D eigenvalue weighted by atomic mass is 16.3. The summed E-state index contributed by atoms with van der Waals surface area (Å²) >= 11 is 0.